The number of likely N-dealkylation sites (N-methyl/N-ethyl adjacent to an activating group) is 1. The standard InChI is InChI=1S/C12H24N2O3/c1-7-14(8-2)10(15)9(3)13-11(16)17-12(4,5)6/h9H,7-8H2,1-6H3,(H,13,16). The first-order valence-electron chi connectivity index (χ1n) is 5.99. The highest BCUT2D eigenvalue weighted by Crippen LogP contribution is 2.07. The number of carbonyl (C=O) groups excluding carboxylic acids is 2. The van der Waals surface area contributed by atoms with Crippen LogP contribution in [0.5, 0.6) is 0 Å². The number of amides is 2. The highest BCUT2D eigenvalue weighted by molar-refractivity contribution is 5.85. The molecule has 1 N–H and O–H groups in total. The van der Waals surface area contributed by atoms with E-state index >= 15 is 0 Å². The molecule has 0 spiro atoms. The monoisotopic (exact) mass is 244 g/mol. The molecule has 5 nitrogen and oxygen atoms in total. The minimum absolute atomic E-state index is 0.0964. The van der Waals surface area contributed by atoms with Crippen LogP contribution in [0.3, 0.4) is 0 Å². The summed E-state index contributed by atoms with van der Waals surface area (Å²) in [5, 5.41) is 2.53. The summed E-state index contributed by atoms with van der Waals surface area (Å²) in [6.07, 6.45) is -0.564. The molecular weight excluding hydrogens is 220 g/mol. The predicted octanol–water partition coefficient (Wildman–Crippen LogP) is 1.77. The van der Waals surface area contributed by atoms with Crippen LogP contribution in [-0.2, 0) is 9.53 Å². The number of nitrogens with one attached hydrogen (secondary N) is 1. The van der Waals surface area contributed by atoms with Crippen molar-refractivity contribution in [3.63, 3.8) is 0 Å². The van der Waals surface area contributed by atoms with Gasteiger partial charge >= 0.3 is 6.09 Å². The number of ether oxygens (including phenoxy) is 1. The fraction of sp³-hybridized carbons (Fsp3) is 0.833. The molecule has 100 valence electrons. The van der Waals surface area contributed by atoms with Gasteiger partial charge in [-0.15, -0.1) is 0 Å². The molecule has 0 radical (unpaired) electrons. The summed E-state index contributed by atoms with van der Waals surface area (Å²) < 4.78 is 5.08. The first-order chi connectivity index (χ1) is 7.71. The molecule has 0 aromatic rings. The molecule has 0 aromatic carbocycles. The Morgan fingerprint density at radius 3 is 2.06 bits per heavy atom. The average molecular weight is 244 g/mol. The molecule has 0 heterocycles. The zero-order valence-corrected chi connectivity index (χ0v) is 11.7. The summed E-state index contributed by atoms with van der Waals surface area (Å²) in [7, 11) is 0. The smallest absolute Gasteiger partial charge is 0.408 e. The van der Waals surface area contributed by atoms with Gasteiger partial charge in [-0.1, -0.05) is 0 Å². The molecule has 0 aliphatic heterocycles. The van der Waals surface area contributed by atoms with E-state index in [9.17, 15) is 9.59 Å². The molecule has 0 aliphatic rings. The molecule has 5 heteroatoms. The first kappa shape index (κ1) is 15.7. The van der Waals surface area contributed by atoms with Crippen LogP contribution < -0.4 is 5.32 Å². The van der Waals surface area contributed by atoms with Gasteiger partial charge < -0.3 is 15.0 Å². The lowest BCUT2D eigenvalue weighted by Crippen LogP contribution is -2.48. The van der Waals surface area contributed by atoms with Gasteiger partial charge in [-0.2, -0.15) is 0 Å². The van der Waals surface area contributed by atoms with Gasteiger partial charge in [0.05, 0.1) is 0 Å². The van der Waals surface area contributed by atoms with E-state index in [0.717, 1.165) is 0 Å². The van der Waals surface area contributed by atoms with Crippen LogP contribution in [-0.4, -0.2) is 41.6 Å². The minimum Gasteiger partial charge on any atom is -0.444 e. The Balaban J connectivity index is 4.30. The SMILES string of the molecule is CCN(CC)C(=O)C(C)NC(=O)OC(C)(C)C. The van der Waals surface area contributed by atoms with Crippen LogP contribution in [0, 0.1) is 0 Å². The topological polar surface area (TPSA) is 58.6 Å². The summed E-state index contributed by atoms with van der Waals surface area (Å²) in [6, 6.07) is -0.565. The number of hydrogen-bond acceptors (Lipinski definition) is 3. The third-order valence-corrected chi connectivity index (χ3v) is 2.18. The van der Waals surface area contributed by atoms with E-state index in [1.165, 1.54) is 0 Å². The largest absolute Gasteiger partial charge is 0.444 e. The van der Waals surface area contributed by atoms with E-state index in [1.807, 2.05) is 13.8 Å². The van der Waals surface area contributed by atoms with Crippen molar-refractivity contribution in [3.8, 4) is 0 Å². The fourth-order valence-electron chi connectivity index (χ4n) is 1.36. The Hall–Kier alpha value is -1.26. The highest BCUT2D eigenvalue weighted by Gasteiger charge is 2.23. The van der Waals surface area contributed by atoms with Crippen LogP contribution >= 0.6 is 0 Å². The average Bonchev–Trinajstić information content (AvgIpc) is 2.16. The van der Waals surface area contributed by atoms with Gasteiger partial charge in [0, 0.05) is 13.1 Å². The molecule has 1 unspecified atom stereocenters. The summed E-state index contributed by atoms with van der Waals surface area (Å²) in [6.45, 7) is 12.1. The molecule has 0 saturated carbocycles. The van der Waals surface area contributed by atoms with Crippen LogP contribution in [0.15, 0.2) is 0 Å². The van der Waals surface area contributed by atoms with E-state index in [1.54, 1.807) is 32.6 Å². The molecule has 0 aromatic heterocycles. The van der Waals surface area contributed by atoms with Gasteiger partial charge in [0.25, 0.3) is 0 Å². The van der Waals surface area contributed by atoms with Gasteiger partial charge in [-0.05, 0) is 41.5 Å². The van der Waals surface area contributed by atoms with Crippen molar-refractivity contribution in [2.45, 2.75) is 53.2 Å². The van der Waals surface area contributed by atoms with Crippen LogP contribution in [0.25, 0.3) is 0 Å². The Morgan fingerprint density at radius 1 is 1.24 bits per heavy atom. The van der Waals surface area contributed by atoms with Crippen molar-refractivity contribution in [1.29, 1.82) is 0 Å². The molecule has 0 bridgehead atoms. The summed E-state index contributed by atoms with van der Waals surface area (Å²) in [5.41, 5.74) is -0.554. The lowest BCUT2D eigenvalue weighted by molar-refractivity contribution is -0.132. The maximum Gasteiger partial charge on any atom is 0.408 e. The number of hydrogen-bond donors (Lipinski definition) is 1. The van der Waals surface area contributed by atoms with E-state index in [4.69, 9.17) is 4.74 Å². The van der Waals surface area contributed by atoms with Gasteiger partial charge in [0.15, 0.2) is 0 Å². The lowest BCUT2D eigenvalue weighted by Gasteiger charge is -2.25. The van der Waals surface area contributed by atoms with Crippen molar-refractivity contribution in [2.75, 3.05) is 13.1 Å². The second kappa shape index (κ2) is 6.47. The van der Waals surface area contributed by atoms with Crippen molar-refractivity contribution >= 4 is 12.0 Å². The van der Waals surface area contributed by atoms with Crippen molar-refractivity contribution in [2.24, 2.45) is 0 Å². The molecular formula is C12H24N2O3. The minimum atomic E-state index is -0.565. The third kappa shape index (κ3) is 6.14. The Bertz CT molecular complexity index is 267. The molecule has 0 saturated heterocycles. The number of nitrogens with zero attached hydrogens (tertiary/aromatic N) is 1. The van der Waals surface area contributed by atoms with E-state index < -0.39 is 17.7 Å². The Labute approximate surface area is 103 Å². The highest BCUT2D eigenvalue weighted by atomic mass is 16.6. The van der Waals surface area contributed by atoms with Crippen molar-refractivity contribution in [3.05, 3.63) is 0 Å². The van der Waals surface area contributed by atoms with Gasteiger partial charge in [0.2, 0.25) is 5.91 Å². The fourth-order valence-corrected chi connectivity index (χ4v) is 1.36. The molecule has 17 heavy (non-hydrogen) atoms. The summed E-state index contributed by atoms with van der Waals surface area (Å²) in [5.74, 6) is -0.0964. The van der Waals surface area contributed by atoms with Gasteiger partial charge in [-0.3, -0.25) is 4.79 Å². The summed E-state index contributed by atoms with van der Waals surface area (Å²) >= 11 is 0. The molecule has 0 rings (SSSR count). The van der Waals surface area contributed by atoms with Gasteiger partial charge in [-0.25, -0.2) is 4.79 Å². The quantitative estimate of drug-likeness (QED) is 0.820. The first-order valence-corrected chi connectivity index (χ1v) is 5.99. The van der Waals surface area contributed by atoms with Crippen LogP contribution in [0.4, 0.5) is 4.79 Å². The molecule has 2 amide bonds. The van der Waals surface area contributed by atoms with E-state index in [0.29, 0.717) is 13.1 Å². The lowest BCUT2D eigenvalue weighted by atomic mass is 10.2. The van der Waals surface area contributed by atoms with Crippen LogP contribution in [0.1, 0.15) is 41.5 Å². The Morgan fingerprint density at radius 2 is 1.71 bits per heavy atom. The normalized spacial score (nSPS) is 12.8. The molecule has 0 fully saturated rings. The number of rotatable bonds is 4. The van der Waals surface area contributed by atoms with Crippen molar-refractivity contribution in [1.82, 2.24) is 10.2 Å². The zero-order chi connectivity index (χ0) is 13.6. The second-order valence-electron chi connectivity index (χ2n) is 4.88. The van der Waals surface area contributed by atoms with Crippen molar-refractivity contribution < 1.29 is 14.3 Å². The van der Waals surface area contributed by atoms with Crippen LogP contribution in [0.2, 0.25) is 0 Å². The number of carbonyl (C=O) groups is 2. The second-order valence-corrected chi connectivity index (χ2v) is 4.88. The Kier molecular flexibility index (Phi) is 5.99. The predicted molar refractivity (Wildman–Crippen MR) is 66.8 cm³/mol. The number of alkyl carbamates (subject to hydrolysis) is 1. The summed E-state index contributed by atoms with van der Waals surface area (Å²) in [4.78, 5) is 25.0. The van der Waals surface area contributed by atoms with E-state index in [-0.39, 0.29) is 5.91 Å². The van der Waals surface area contributed by atoms with Gasteiger partial charge in [0.1, 0.15) is 11.6 Å². The van der Waals surface area contributed by atoms with E-state index in [2.05, 4.69) is 5.32 Å². The molecule has 0 aliphatic carbocycles. The maximum absolute atomic E-state index is 11.9. The zero-order valence-electron chi connectivity index (χ0n) is 11.7. The molecule has 1 atom stereocenters. The third-order valence-electron chi connectivity index (χ3n) is 2.18. The maximum atomic E-state index is 11.9.